The summed E-state index contributed by atoms with van der Waals surface area (Å²) < 4.78 is 18.5. The van der Waals surface area contributed by atoms with Gasteiger partial charge in [0.1, 0.15) is 0 Å². The van der Waals surface area contributed by atoms with Crippen LogP contribution in [0.15, 0.2) is 12.7 Å². The standard InChI is InChI=1S/C15H32O3Si/c1-9-11-12-19(16-13(3)4,17-14(5)6)18-15(7,8)10-2/h10,13-14H,2,9,11-12H2,1,3-8H3. The SMILES string of the molecule is C=CC(C)(C)O[Si](CCCC)(OC(C)C)OC(C)C. The summed E-state index contributed by atoms with van der Waals surface area (Å²) in [5, 5.41) is 0. The smallest absolute Gasteiger partial charge is 0.371 e. The molecule has 0 unspecified atom stereocenters. The lowest BCUT2D eigenvalue weighted by Gasteiger charge is -2.38. The van der Waals surface area contributed by atoms with Gasteiger partial charge in [-0.15, -0.1) is 6.58 Å². The van der Waals surface area contributed by atoms with Gasteiger partial charge >= 0.3 is 8.80 Å². The van der Waals surface area contributed by atoms with Crippen LogP contribution in [-0.2, 0) is 13.3 Å². The Kier molecular flexibility index (Phi) is 8.13. The molecule has 0 heterocycles. The lowest BCUT2D eigenvalue weighted by atomic mass is 10.1. The minimum atomic E-state index is -2.67. The van der Waals surface area contributed by atoms with E-state index >= 15 is 0 Å². The summed E-state index contributed by atoms with van der Waals surface area (Å²) in [4.78, 5) is 0. The fourth-order valence-corrected chi connectivity index (χ4v) is 5.40. The van der Waals surface area contributed by atoms with E-state index in [-0.39, 0.29) is 12.2 Å². The normalized spacial score (nSPS) is 13.3. The molecule has 0 aliphatic heterocycles. The van der Waals surface area contributed by atoms with Crippen molar-refractivity contribution in [1.82, 2.24) is 0 Å². The molecule has 114 valence electrons. The van der Waals surface area contributed by atoms with Crippen molar-refractivity contribution < 1.29 is 13.3 Å². The summed E-state index contributed by atoms with van der Waals surface area (Å²) in [6, 6.07) is 0.858. The van der Waals surface area contributed by atoms with Crippen LogP contribution in [0.5, 0.6) is 0 Å². The molecule has 0 atom stereocenters. The average Bonchev–Trinajstić information content (AvgIpc) is 2.23. The first-order valence-corrected chi connectivity index (χ1v) is 9.29. The van der Waals surface area contributed by atoms with E-state index in [1.807, 2.05) is 47.6 Å². The molecule has 0 aromatic carbocycles. The van der Waals surface area contributed by atoms with Crippen LogP contribution >= 0.6 is 0 Å². The number of rotatable bonds is 10. The second-order valence-corrected chi connectivity index (χ2v) is 8.57. The van der Waals surface area contributed by atoms with E-state index < -0.39 is 14.4 Å². The van der Waals surface area contributed by atoms with Gasteiger partial charge in [-0.25, -0.2) is 0 Å². The lowest BCUT2D eigenvalue weighted by Crippen LogP contribution is -2.53. The number of hydrogen-bond acceptors (Lipinski definition) is 3. The van der Waals surface area contributed by atoms with E-state index in [1.54, 1.807) is 0 Å². The zero-order valence-electron chi connectivity index (χ0n) is 13.8. The fourth-order valence-electron chi connectivity index (χ4n) is 1.80. The zero-order chi connectivity index (χ0) is 15.1. The van der Waals surface area contributed by atoms with E-state index in [2.05, 4.69) is 13.5 Å². The molecule has 19 heavy (non-hydrogen) atoms. The molecule has 0 N–H and O–H groups in total. The Morgan fingerprint density at radius 2 is 1.58 bits per heavy atom. The molecule has 0 radical (unpaired) electrons. The second-order valence-electron chi connectivity index (χ2n) is 6.03. The maximum atomic E-state index is 6.27. The molecule has 0 aromatic heterocycles. The Labute approximate surface area is 120 Å². The van der Waals surface area contributed by atoms with Crippen LogP contribution in [0.2, 0.25) is 6.04 Å². The molecule has 0 rings (SSSR count). The molecule has 4 heteroatoms. The van der Waals surface area contributed by atoms with Crippen LogP contribution in [0.3, 0.4) is 0 Å². The number of hydrogen-bond donors (Lipinski definition) is 0. The Bertz CT molecular complexity index is 252. The van der Waals surface area contributed by atoms with Crippen LogP contribution in [0, 0.1) is 0 Å². The summed E-state index contributed by atoms with van der Waals surface area (Å²) in [6.07, 6.45) is 4.17. The topological polar surface area (TPSA) is 27.7 Å². The van der Waals surface area contributed by atoms with Gasteiger partial charge in [-0.2, -0.15) is 0 Å². The largest absolute Gasteiger partial charge is 0.502 e. The Balaban J connectivity index is 5.14. The van der Waals surface area contributed by atoms with Gasteiger partial charge in [0.15, 0.2) is 0 Å². The van der Waals surface area contributed by atoms with Crippen molar-refractivity contribution in [2.45, 2.75) is 85.2 Å². The van der Waals surface area contributed by atoms with Gasteiger partial charge in [-0.05, 0) is 48.0 Å². The third-order valence-electron chi connectivity index (χ3n) is 2.58. The van der Waals surface area contributed by atoms with Crippen molar-refractivity contribution in [2.75, 3.05) is 0 Å². The summed E-state index contributed by atoms with van der Waals surface area (Å²) in [5.41, 5.74) is -0.427. The highest BCUT2D eigenvalue weighted by atomic mass is 28.4. The van der Waals surface area contributed by atoms with Crippen molar-refractivity contribution in [3.8, 4) is 0 Å². The van der Waals surface area contributed by atoms with Gasteiger partial charge in [0.25, 0.3) is 0 Å². The summed E-state index contributed by atoms with van der Waals surface area (Å²) in [5.74, 6) is 0. The molecule has 3 nitrogen and oxygen atoms in total. The third kappa shape index (κ3) is 7.87. The van der Waals surface area contributed by atoms with Gasteiger partial charge in [-0.1, -0.05) is 19.4 Å². The monoisotopic (exact) mass is 288 g/mol. The van der Waals surface area contributed by atoms with E-state index in [0.717, 1.165) is 18.9 Å². The maximum Gasteiger partial charge on any atom is 0.502 e. The molecule has 0 spiro atoms. The number of unbranched alkanes of at least 4 members (excludes halogenated alkanes) is 1. The highest BCUT2D eigenvalue weighted by Crippen LogP contribution is 2.28. The molecule has 0 amide bonds. The molecule has 0 fully saturated rings. The predicted molar refractivity (Wildman–Crippen MR) is 83.3 cm³/mol. The van der Waals surface area contributed by atoms with Crippen molar-refractivity contribution in [3.63, 3.8) is 0 Å². The predicted octanol–water partition coefficient (Wildman–Crippen LogP) is 4.56. The Hall–Kier alpha value is -0.163. The molecule has 0 aliphatic rings. The van der Waals surface area contributed by atoms with Crippen LogP contribution in [0.4, 0.5) is 0 Å². The van der Waals surface area contributed by atoms with Crippen LogP contribution in [0.25, 0.3) is 0 Å². The van der Waals surface area contributed by atoms with Crippen molar-refractivity contribution in [2.24, 2.45) is 0 Å². The quantitative estimate of drug-likeness (QED) is 0.436. The highest BCUT2D eigenvalue weighted by Gasteiger charge is 2.46. The first-order chi connectivity index (χ1) is 8.66. The molecule has 0 saturated heterocycles. The van der Waals surface area contributed by atoms with Crippen LogP contribution in [-0.4, -0.2) is 26.6 Å². The van der Waals surface area contributed by atoms with Gasteiger partial charge in [0, 0.05) is 18.3 Å². The summed E-state index contributed by atoms with van der Waals surface area (Å²) >= 11 is 0. The van der Waals surface area contributed by atoms with Crippen LogP contribution < -0.4 is 0 Å². The van der Waals surface area contributed by atoms with E-state index in [4.69, 9.17) is 13.3 Å². The van der Waals surface area contributed by atoms with Gasteiger partial charge in [-0.3, -0.25) is 0 Å². The first-order valence-electron chi connectivity index (χ1n) is 7.35. The van der Waals surface area contributed by atoms with Crippen molar-refractivity contribution in [3.05, 3.63) is 12.7 Å². The average molecular weight is 289 g/mol. The highest BCUT2D eigenvalue weighted by molar-refractivity contribution is 6.61. The van der Waals surface area contributed by atoms with E-state index in [9.17, 15) is 0 Å². The summed E-state index contributed by atoms with van der Waals surface area (Å²) in [6.45, 7) is 18.1. The fraction of sp³-hybridized carbons (Fsp3) is 0.867. The lowest BCUT2D eigenvalue weighted by molar-refractivity contribution is -0.0196. The maximum absolute atomic E-state index is 6.27. The van der Waals surface area contributed by atoms with Crippen molar-refractivity contribution >= 4 is 8.80 Å². The van der Waals surface area contributed by atoms with Gasteiger partial charge in [0.05, 0.1) is 5.60 Å². The Morgan fingerprint density at radius 1 is 1.11 bits per heavy atom. The minimum absolute atomic E-state index is 0.0999. The second kappa shape index (κ2) is 8.20. The summed E-state index contributed by atoms with van der Waals surface area (Å²) in [7, 11) is -2.67. The third-order valence-corrected chi connectivity index (χ3v) is 6.04. The van der Waals surface area contributed by atoms with Crippen molar-refractivity contribution in [1.29, 1.82) is 0 Å². The van der Waals surface area contributed by atoms with Gasteiger partial charge in [0.2, 0.25) is 0 Å². The first kappa shape index (κ1) is 18.8. The van der Waals surface area contributed by atoms with Crippen LogP contribution in [0.1, 0.15) is 61.3 Å². The van der Waals surface area contributed by atoms with E-state index in [0.29, 0.717) is 0 Å². The minimum Gasteiger partial charge on any atom is -0.371 e. The van der Waals surface area contributed by atoms with E-state index in [1.165, 1.54) is 0 Å². The molecule has 0 aromatic rings. The zero-order valence-corrected chi connectivity index (χ0v) is 14.8. The molecule has 0 bridgehead atoms. The molecule has 0 saturated carbocycles. The molecular formula is C15H32O3Si. The Morgan fingerprint density at radius 3 is 1.89 bits per heavy atom. The molecular weight excluding hydrogens is 256 g/mol. The van der Waals surface area contributed by atoms with Gasteiger partial charge < -0.3 is 13.3 Å². The molecule has 0 aliphatic carbocycles.